The molecule has 3 rings (SSSR count). The van der Waals surface area contributed by atoms with Gasteiger partial charge in [-0.1, -0.05) is 30.3 Å². The first-order valence-electron chi connectivity index (χ1n) is 6.60. The number of carbonyl (C=O) groups is 1. The first kappa shape index (κ1) is 13.2. The van der Waals surface area contributed by atoms with Gasteiger partial charge in [0, 0.05) is 5.39 Å². The standard InChI is InChI=1S/C17H13FN2O/c18-14-7-5-12(6-8-14)9-17(21)20-15-10-13-3-1-2-4-16(13)19-11-15/h1-8,10-11H,9H2,(H,20,21). The third kappa shape index (κ3) is 3.23. The van der Waals surface area contributed by atoms with Crippen molar-refractivity contribution in [1.82, 2.24) is 4.98 Å². The smallest absolute Gasteiger partial charge is 0.228 e. The maximum Gasteiger partial charge on any atom is 0.228 e. The van der Waals surface area contributed by atoms with Gasteiger partial charge in [0.2, 0.25) is 5.91 Å². The summed E-state index contributed by atoms with van der Waals surface area (Å²) in [5, 5.41) is 3.77. The zero-order chi connectivity index (χ0) is 14.7. The Morgan fingerprint density at radius 1 is 1.10 bits per heavy atom. The van der Waals surface area contributed by atoms with Gasteiger partial charge in [-0.15, -0.1) is 0 Å². The van der Waals surface area contributed by atoms with Crippen LogP contribution in [0, 0.1) is 5.82 Å². The molecule has 1 N–H and O–H groups in total. The SMILES string of the molecule is O=C(Cc1ccc(F)cc1)Nc1cnc2ccccc2c1. The summed E-state index contributed by atoms with van der Waals surface area (Å²) in [4.78, 5) is 16.3. The van der Waals surface area contributed by atoms with Gasteiger partial charge in [0.1, 0.15) is 5.82 Å². The molecular weight excluding hydrogens is 267 g/mol. The molecule has 104 valence electrons. The summed E-state index contributed by atoms with van der Waals surface area (Å²) in [5.41, 5.74) is 2.30. The lowest BCUT2D eigenvalue weighted by atomic mass is 10.1. The molecule has 1 heterocycles. The van der Waals surface area contributed by atoms with Crippen LogP contribution in [0.15, 0.2) is 60.8 Å². The van der Waals surface area contributed by atoms with Crippen molar-refractivity contribution in [3.8, 4) is 0 Å². The fourth-order valence-electron chi connectivity index (χ4n) is 2.13. The van der Waals surface area contributed by atoms with E-state index in [0.29, 0.717) is 5.69 Å². The molecule has 0 aliphatic heterocycles. The van der Waals surface area contributed by atoms with Crippen molar-refractivity contribution in [2.75, 3.05) is 5.32 Å². The number of para-hydroxylation sites is 1. The molecule has 0 aliphatic carbocycles. The van der Waals surface area contributed by atoms with Crippen LogP contribution < -0.4 is 5.32 Å². The van der Waals surface area contributed by atoms with E-state index in [1.807, 2.05) is 30.3 Å². The van der Waals surface area contributed by atoms with Crippen molar-refractivity contribution in [1.29, 1.82) is 0 Å². The zero-order valence-corrected chi connectivity index (χ0v) is 11.2. The van der Waals surface area contributed by atoms with Gasteiger partial charge < -0.3 is 5.32 Å². The minimum Gasteiger partial charge on any atom is -0.324 e. The molecule has 0 atom stereocenters. The largest absolute Gasteiger partial charge is 0.324 e. The van der Waals surface area contributed by atoms with Crippen molar-refractivity contribution in [2.45, 2.75) is 6.42 Å². The molecule has 0 radical (unpaired) electrons. The number of amides is 1. The Labute approximate surface area is 121 Å². The Morgan fingerprint density at radius 3 is 2.67 bits per heavy atom. The Balaban J connectivity index is 1.72. The van der Waals surface area contributed by atoms with E-state index in [2.05, 4.69) is 10.3 Å². The predicted octanol–water partition coefficient (Wildman–Crippen LogP) is 3.56. The van der Waals surface area contributed by atoms with Crippen LogP contribution >= 0.6 is 0 Å². The molecule has 2 aromatic carbocycles. The van der Waals surface area contributed by atoms with Crippen molar-refractivity contribution in [3.63, 3.8) is 0 Å². The molecular formula is C17H13FN2O. The van der Waals surface area contributed by atoms with Crippen molar-refractivity contribution >= 4 is 22.5 Å². The second kappa shape index (κ2) is 5.71. The highest BCUT2D eigenvalue weighted by molar-refractivity contribution is 5.94. The van der Waals surface area contributed by atoms with E-state index in [1.54, 1.807) is 18.3 Å². The van der Waals surface area contributed by atoms with Gasteiger partial charge in [-0.2, -0.15) is 0 Å². The molecule has 0 saturated heterocycles. The van der Waals surface area contributed by atoms with Gasteiger partial charge in [-0.05, 0) is 29.8 Å². The summed E-state index contributed by atoms with van der Waals surface area (Å²) in [6.45, 7) is 0. The molecule has 0 spiro atoms. The van der Waals surface area contributed by atoms with E-state index in [1.165, 1.54) is 12.1 Å². The molecule has 3 nitrogen and oxygen atoms in total. The number of carbonyl (C=O) groups excluding carboxylic acids is 1. The number of nitrogens with zero attached hydrogens (tertiary/aromatic N) is 1. The van der Waals surface area contributed by atoms with Crippen LogP contribution in [0.4, 0.5) is 10.1 Å². The van der Waals surface area contributed by atoms with Gasteiger partial charge in [-0.25, -0.2) is 4.39 Å². The highest BCUT2D eigenvalue weighted by Crippen LogP contribution is 2.16. The van der Waals surface area contributed by atoms with Crippen LogP contribution in [-0.2, 0) is 11.2 Å². The maximum absolute atomic E-state index is 12.8. The van der Waals surface area contributed by atoms with Crippen LogP contribution in [0.5, 0.6) is 0 Å². The second-order valence-electron chi connectivity index (χ2n) is 4.77. The van der Waals surface area contributed by atoms with E-state index in [4.69, 9.17) is 0 Å². The summed E-state index contributed by atoms with van der Waals surface area (Å²) in [5.74, 6) is -0.462. The van der Waals surface area contributed by atoms with Gasteiger partial charge in [0.15, 0.2) is 0 Å². The van der Waals surface area contributed by atoms with Gasteiger partial charge in [-0.3, -0.25) is 9.78 Å². The van der Waals surface area contributed by atoms with Crippen LogP contribution in [0.3, 0.4) is 0 Å². The summed E-state index contributed by atoms with van der Waals surface area (Å²) in [6, 6.07) is 15.5. The first-order chi connectivity index (χ1) is 10.2. The number of aromatic nitrogens is 1. The fraction of sp³-hybridized carbons (Fsp3) is 0.0588. The number of rotatable bonds is 3. The molecule has 0 fully saturated rings. The van der Waals surface area contributed by atoms with Crippen molar-refractivity contribution in [3.05, 3.63) is 72.2 Å². The van der Waals surface area contributed by atoms with Gasteiger partial charge >= 0.3 is 0 Å². The molecule has 1 aromatic heterocycles. The molecule has 0 saturated carbocycles. The van der Waals surface area contributed by atoms with Crippen LogP contribution in [-0.4, -0.2) is 10.9 Å². The van der Waals surface area contributed by atoms with E-state index in [0.717, 1.165) is 16.5 Å². The quantitative estimate of drug-likeness (QED) is 0.797. The zero-order valence-electron chi connectivity index (χ0n) is 11.2. The lowest BCUT2D eigenvalue weighted by Crippen LogP contribution is -2.14. The molecule has 0 aliphatic rings. The number of hydrogen-bond donors (Lipinski definition) is 1. The molecule has 21 heavy (non-hydrogen) atoms. The van der Waals surface area contributed by atoms with E-state index >= 15 is 0 Å². The molecule has 1 amide bonds. The Morgan fingerprint density at radius 2 is 1.86 bits per heavy atom. The average molecular weight is 280 g/mol. The second-order valence-corrected chi connectivity index (χ2v) is 4.77. The summed E-state index contributed by atoms with van der Waals surface area (Å²) >= 11 is 0. The summed E-state index contributed by atoms with van der Waals surface area (Å²) in [7, 11) is 0. The molecule has 0 unspecified atom stereocenters. The predicted molar refractivity (Wildman–Crippen MR) is 80.5 cm³/mol. The number of fused-ring (bicyclic) bond motifs is 1. The normalized spacial score (nSPS) is 10.5. The molecule has 0 bridgehead atoms. The number of benzene rings is 2. The van der Waals surface area contributed by atoms with Crippen molar-refractivity contribution < 1.29 is 9.18 Å². The topological polar surface area (TPSA) is 42.0 Å². The lowest BCUT2D eigenvalue weighted by molar-refractivity contribution is -0.115. The Hall–Kier alpha value is -2.75. The summed E-state index contributed by atoms with van der Waals surface area (Å²) in [6.07, 6.45) is 1.83. The highest BCUT2D eigenvalue weighted by Gasteiger charge is 2.05. The van der Waals surface area contributed by atoms with E-state index in [9.17, 15) is 9.18 Å². The third-order valence-electron chi connectivity index (χ3n) is 3.15. The van der Waals surface area contributed by atoms with Gasteiger partial charge in [0.05, 0.1) is 23.8 Å². The number of hydrogen-bond acceptors (Lipinski definition) is 2. The van der Waals surface area contributed by atoms with Crippen LogP contribution in [0.1, 0.15) is 5.56 Å². The minimum absolute atomic E-state index is 0.154. The number of pyridine rings is 1. The maximum atomic E-state index is 12.8. The average Bonchev–Trinajstić information content (AvgIpc) is 2.49. The Kier molecular flexibility index (Phi) is 3.60. The monoisotopic (exact) mass is 280 g/mol. The van der Waals surface area contributed by atoms with E-state index in [-0.39, 0.29) is 18.1 Å². The first-order valence-corrected chi connectivity index (χ1v) is 6.60. The molecule has 4 heteroatoms. The number of halogens is 1. The van der Waals surface area contributed by atoms with Crippen LogP contribution in [0.25, 0.3) is 10.9 Å². The third-order valence-corrected chi connectivity index (χ3v) is 3.15. The number of nitrogens with one attached hydrogen (secondary N) is 1. The van der Waals surface area contributed by atoms with E-state index < -0.39 is 0 Å². The van der Waals surface area contributed by atoms with Crippen molar-refractivity contribution in [2.24, 2.45) is 0 Å². The fourth-order valence-corrected chi connectivity index (χ4v) is 2.13. The minimum atomic E-state index is -0.308. The number of anilines is 1. The van der Waals surface area contributed by atoms with Gasteiger partial charge in [0.25, 0.3) is 0 Å². The summed E-state index contributed by atoms with van der Waals surface area (Å²) < 4.78 is 12.8. The lowest BCUT2D eigenvalue weighted by Gasteiger charge is -2.06. The highest BCUT2D eigenvalue weighted by atomic mass is 19.1. The van der Waals surface area contributed by atoms with Crippen LogP contribution in [0.2, 0.25) is 0 Å². The molecule has 3 aromatic rings. The Bertz CT molecular complexity index is 784.